The summed E-state index contributed by atoms with van der Waals surface area (Å²) in [7, 11) is 1.64. The van der Waals surface area contributed by atoms with Gasteiger partial charge in [-0.25, -0.2) is 9.59 Å². The minimum atomic E-state index is -1.07. The number of ether oxygens (including phenoxy) is 1. The summed E-state index contributed by atoms with van der Waals surface area (Å²) >= 11 is 5.95. The van der Waals surface area contributed by atoms with E-state index < -0.39 is 5.97 Å². The summed E-state index contributed by atoms with van der Waals surface area (Å²) in [5, 5.41) is 11.6. The molecule has 21 heavy (non-hydrogen) atoms. The van der Waals surface area contributed by atoms with Crippen molar-refractivity contribution in [1.29, 1.82) is 0 Å². The Morgan fingerprint density at radius 2 is 2.10 bits per heavy atom. The molecular formula is C14H19ClN2O4. The number of carbonyl (C=O) groups is 2. The Morgan fingerprint density at radius 3 is 2.62 bits per heavy atom. The minimum Gasteiger partial charge on any atom is -0.478 e. The molecule has 0 bridgehead atoms. The largest absolute Gasteiger partial charge is 0.478 e. The first kappa shape index (κ1) is 17.3. The number of halogens is 1. The summed E-state index contributed by atoms with van der Waals surface area (Å²) in [6.45, 7) is 4.72. The van der Waals surface area contributed by atoms with Crippen molar-refractivity contribution >= 4 is 29.3 Å². The quantitative estimate of drug-likeness (QED) is 0.846. The van der Waals surface area contributed by atoms with E-state index in [1.54, 1.807) is 7.05 Å². The standard InChI is InChI=1S/C14H19ClN2O4/c1-9(2)21-7-6-17(3)14(20)16-12-5-4-10(13(18)19)8-11(12)15/h4-5,8-9H,6-7H2,1-3H3,(H,16,20)(H,18,19). The van der Waals surface area contributed by atoms with Crippen molar-refractivity contribution < 1.29 is 19.4 Å². The predicted octanol–water partition coefficient (Wildman–Crippen LogP) is 2.93. The number of aromatic carboxylic acids is 1. The zero-order valence-electron chi connectivity index (χ0n) is 12.2. The minimum absolute atomic E-state index is 0.0664. The molecule has 6 nitrogen and oxygen atoms in total. The maximum Gasteiger partial charge on any atom is 0.335 e. The highest BCUT2D eigenvalue weighted by Gasteiger charge is 2.12. The number of carbonyl (C=O) groups excluding carboxylic acids is 1. The number of rotatable bonds is 6. The first-order chi connectivity index (χ1) is 9.81. The van der Waals surface area contributed by atoms with E-state index in [0.29, 0.717) is 18.8 Å². The Hall–Kier alpha value is -1.79. The highest BCUT2D eigenvalue weighted by molar-refractivity contribution is 6.34. The second kappa shape index (κ2) is 7.85. The van der Waals surface area contributed by atoms with Crippen LogP contribution in [0.4, 0.5) is 10.5 Å². The van der Waals surface area contributed by atoms with E-state index in [-0.39, 0.29) is 22.7 Å². The molecule has 0 unspecified atom stereocenters. The predicted molar refractivity (Wildman–Crippen MR) is 81.1 cm³/mol. The fraction of sp³-hybridized carbons (Fsp3) is 0.429. The highest BCUT2D eigenvalue weighted by atomic mass is 35.5. The van der Waals surface area contributed by atoms with Crippen LogP contribution in [0, 0.1) is 0 Å². The van der Waals surface area contributed by atoms with Gasteiger partial charge in [-0.1, -0.05) is 11.6 Å². The van der Waals surface area contributed by atoms with Gasteiger partial charge in [0.2, 0.25) is 0 Å². The third kappa shape index (κ3) is 5.61. The van der Waals surface area contributed by atoms with Crippen LogP contribution < -0.4 is 5.32 Å². The van der Waals surface area contributed by atoms with Crippen molar-refractivity contribution in [2.24, 2.45) is 0 Å². The summed E-state index contributed by atoms with van der Waals surface area (Å²) in [4.78, 5) is 24.2. The molecule has 7 heteroatoms. The fourth-order valence-electron chi connectivity index (χ4n) is 1.49. The molecule has 0 heterocycles. The van der Waals surface area contributed by atoms with Gasteiger partial charge >= 0.3 is 12.0 Å². The van der Waals surface area contributed by atoms with Crippen LogP contribution in [0.2, 0.25) is 5.02 Å². The van der Waals surface area contributed by atoms with Gasteiger partial charge in [0, 0.05) is 13.6 Å². The van der Waals surface area contributed by atoms with Gasteiger partial charge in [0.1, 0.15) is 0 Å². The molecule has 0 aromatic heterocycles. The van der Waals surface area contributed by atoms with Crippen molar-refractivity contribution in [3.8, 4) is 0 Å². The maximum absolute atomic E-state index is 11.9. The number of urea groups is 1. The van der Waals surface area contributed by atoms with Crippen LogP contribution in [0.15, 0.2) is 18.2 Å². The fourth-order valence-corrected chi connectivity index (χ4v) is 1.71. The number of likely N-dealkylation sites (N-methyl/N-ethyl adjacent to an activating group) is 1. The maximum atomic E-state index is 11.9. The van der Waals surface area contributed by atoms with Crippen LogP contribution in [0.3, 0.4) is 0 Å². The monoisotopic (exact) mass is 314 g/mol. The lowest BCUT2D eigenvalue weighted by atomic mass is 10.2. The van der Waals surface area contributed by atoms with E-state index >= 15 is 0 Å². The molecule has 116 valence electrons. The highest BCUT2D eigenvalue weighted by Crippen LogP contribution is 2.23. The Kier molecular flexibility index (Phi) is 6.45. The molecule has 0 fully saturated rings. The van der Waals surface area contributed by atoms with E-state index in [0.717, 1.165) is 0 Å². The Bertz CT molecular complexity index is 520. The van der Waals surface area contributed by atoms with Crippen molar-refractivity contribution in [1.82, 2.24) is 4.90 Å². The number of carboxylic acids is 1. The molecule has 0 aliphatic rings. The number of carboxylic acid groups (broad SMARTS) is 1. The van der Waals surface area contributed by atoms with Crippen molar-refractivity contribution in [3.63, 3.8) is 0 Å². The summed E-state index contributed by atoms with van der Waals surface area (Å²) in [6, 6.07) is 3.79. The third-order valence-electron chi connectivity index (χ3n) is 2.68. The molecule has 0 aliphatic heterocycles. The van der Waals surface area contributed by atoms with Crippen molar-refractivity contribution in [2.45, 2.75) is 20.0 Å². The summed E-state index contributed by atoms with van der Waals surface area (Å²) in [6.07, 6.45) is 0.111. The van der Waals surface area contributed by atoms with Crippen molar-refractivity contribution in [2.75, 3.05) is 25.5 Å². The van der Waals surface area contributed by atoms with Gasteiger partial charge in [0.25, 0.3) is 0 Å². The zero-order chi connectivity index (χ0) is 16.0. The van der Waals surface area contributed by atoms with Gasteiger partial charge in [-0.15, -0.1) is 0 Å². The molecule has 1 aromatic carbocycles. The number of nitrogens with zero attached hydrogens (tertiary/aromatic N) is 1. The van der Waals surface area contributed by atoms with Crippen LogP contribution in [-0.2, 0) is 4.74 Å². The molecule has 0 atom stereocenters. The van der Waals surface area contributed by atoms with Gasteiger partial charge in [-0.2, -0.15) is 0 Å². The second-order valence-corrected chi connectivity index (χ2v) is 5.18. The Labute approximate surface area is 128 Å². The molecule has 0 radical (unpaired) electrons. The lowest BCUT2D eigenvalue weighted by Gasteiger charge is -2.19. The molecular weight excluding hydrogens is 296 g/mol. The van der Waals surface area contributed by atoms with Crippen molar-refractivity contribution in [3.05, 3.63) is 28.8 Å². The topological polar surface area (TPSA) is 78.9 Å². The molecule has 0 saturated carbocycles. The van der Waals surface area contributed by atoms with E-state index in [2.05, 4.69) is 5.32 Å². The lowest BCUT2D eigenvalue weighted by molar-refractivity contribution is 0.0689. The van der Waals surface area contributed by atoms with Gasteiger partial charge in [-0.05, 0) is 32.0 Å². The Morgan fingerprint density at radius 1 is 1.43 bits per heavy atom. The summed E-state index contributed by atoms with van der Waals surface area (Å²) < 4.78 is 5.37. The zero-order valence-corrected chi connectivity index (χ0v) is 13.0. The smallest absolute Gasteiger partial charge is 0.335 e. The number of nitrogens with one attached hydrogen (secondary N) is 1. The van der Waals surface area contributed by atoms with Gasteiger partial charge in [0.15, 0.2) is 0 Å². The average molecular weight is 315 g/mol. The van der Waals surface area contributed by atoms with Crippen LogP contribution in [-0.4, -0.2) is 48.3 Å². The molecule has 2 N–H and O–H groups in total. The lowest BCUT2D eigenvalue weighted by Crippen LogP contribution is -2.34. The van der Waals surface area contributed by atoms with Gasteiger partial charge in [0.05, 0.1) is 29.0 Å². The first-order valence-corrected chi connectivity index (χ1v) is 6.85. The molecule has 0 aliphatic carbocycles. The average Bonchev–Trinajstić information content (AvgIpc) is 2.40. The third-order valence-corrected chi connectivity index (χ3v) is 2.99. The van der Waals surface area contributed by atoms with Crippen LogP contribution >= 0.6 is 11.6 Å². The second-order valence-electron chi connectivity index (χ2n) is 4.77. The number of amides is 2. The number of hydrogen-bond donors (Lipinski definition) is 2. The van der Waals surface area contributed by atoms with Gasteiger partial charge in [-0.3, -0.25) is 0 Å². The summed E-state index contributed by atoms with van der Waals surface area (Å²) in [5.74, 6) is -1.07. The molecule has 0 spiro atoms. The van der Waals surface area contributed by atoms with E-state index in [1.165, 1.54) is 23.1 Å². The van der Waals surface area contributed by atoms with Gasteiger partial charge < -0.3 is 20.1 Å². The molecule has 2 amide bonds. The van der Waals surface area contributed by atoms with E-state index in [1.807, 2.05) is 13.8 Å². The Balaban J connectivity index is 2.60. The van der Waals surface area contributed by atoms with E-state index in [4.69, 9.17) is 21.4 Å². The normalized spacial score (nSPS) is 10.5. The molecule has 1 rings (SSSR count). The number of anilines is 1. The first-order valence-electron chi connectivity index (χ1n) is 6.47. The van der Waals surface area contributed by atoms with Crippen LogP contribution in [0.5, 0.6) is 0 Å². The molecule has 1 aromatic rings. The number of hydrogen-bond acceptors (Lipinski definition) is 3. The SMILES string of the molecule is CC(C)OCCN(C)C(=O)Nc1ccc(C(=O)O)cc1Cl. The summed E-state index contributed by atoms with van der Waals surface area (Å²) in [5.41, 5.74) is 0.431. The van der Waals surface area contributed by atoms with Crippen LogP contribution in [0.25, 0.3) is 0 Å². The van der Waals surface area contributed by atoms with E-state index in [9.17, 15) is 9.59 Å². The van der Waals surface area contributed by atoms with Crippen LogP contribution in [0.1, 0.15) is 24.2 Å². The molecule has 0 saturated heterocycles. The number of benzene rings is 1.